The molecule has 1 amide bonds. The lowest BCUT2D eigenvalue weighted by molar-refractivity contribution is 0.0667. The molecule has 5 N–H and O–H groups in total. The zero-order valence-corrected chi connectivity index (χ0v) is 40.6. The van der Waals surface area contributed by atoms with Crippen LogP contribution in [0.1, 0.15) is 134 Å². The van der Waals surface area contributed by atoms with E-state index in [0.29, 0.717) is 23.8 Å². The Labute approximate surface area is 383 Å². The number of amides is 1. The van der Waals surface area contributed by atoms with Crippen molar-refractivity contribution in [2.45, 2.75) is 137 Å². The summed E-state index contributed by atoms with van der Waals surface area (Å²) in [6.45, 7) is 21.2. The van der Waals surface area contributed by atoms with Crippen molar-refractivity contribution in [2.24, 2.45) is 10.8 Å². The van der Waals surface area contributed by atoms with E-state index in [0.717, 1.165) is 97.7 Å². The van der Waals surface area contributed by atoms with Crippen molar-refractivity contribution in [3.63, 3.8) is 0 Å². The van der Waals surface area contributed by atoms with E-state index >= 15 is 0 Å². The van der Waals surface area contributed by atoms with Gasteiger partial charge in [0, 0.05) is 74.4 Å². The van der Waals surface area contributed by atoms with Crippen LogP contribution in [-0.2, 0) is 37.2 Å². The van der Waals surface area contributed by atoms with Crippen LogP contribution in [0.3, 0.4) is 0 Å². The van der Waals surface area contributed by atoms with Crippen molar-refractivity contribution < 1.29 is 19.4 Å². The summed E-state index contributed by atoms with van der Waals surface area (Å²) in [7, 11) is -1.11. The van der Waals surface area contributed by atoms with Crippen LogP contribution in [0.4, 0.5) is 11.4 Å². The van der Waals surface area contributed by atoms with Gasteiger partial charge in [0.2, 0.25) is 0 Å². The summed E-state index contributed by atoms with van der Waals surface area (Å²) in [6.07, 6.45) is 21.7. The molecule has 0 radical (unpaired) electrons. The molecular formula is C48H68N12O4Si. The Morgan fingerprint density at radius 1 is 0.862 bits per heavy atom. The highest BCUT2D eigenvalue weighted by Crippen LogP contribution is 2.37. The fourth-order valence-corrected chi connectivity index (χ4v) is 9.18. The average molecular weight is 905 g/mol. The first-order chi connectivity index (χ1) is 30.9. The third-order valence-corrected chi connectivity index (χ3v) is 13.9. The Hall–Kier alpha value is -5.94. The summed E-state index contributed by atoms with van der Waals surface area (Å²) in [5.41, 5.74) is 14.5. The molecule has 16 nitrogen and oxygen atoms in total. The molecule has 0 aromatic carbocycles. The molecular weight excluding hydrogens is 837 g/mol. The number of carboxylic acids is 1. The van der Waals surface area contributed by atoms with Gasteiger partial charge < -0.3 is 20.9 Å². The Bertz CT molecular complexity index is 2480. The fourth-order valence-electron chi connectivity index (χ4n) is 8.43. The molecule has 2 atom stereocenters. The third-order valence-electron chi connectivity index (χ3n) is 12.2. The summed E-state index contributed by atoms with van der Waals surface area (Å²) >= 11 is 0. The standard InChI is InChI=1S/C21H26N6O.C16H28N2O3Si.C11H14N4/c1-4-18(14-6-5-9-22-11-14)27-13-15(12-23-27)24-20(28)19-16-7-8-21(2,3)10-17(16)25-26-19;1-16(2)7-6-12-13(10-16)18(17-14(12)15(19)20)11-21-8-9-22(3,4)5;1-2-11(9-4-3-5-13-6-9)15-8-10(12)7-14-15/h5-6,9,11-13,18H,4,7-8,10H2,1-3H3,(H,24,28)(H,25,26);6-11H2,1-5H3,(H,19,20);3-8,11H,2,12H2,1H3. The van der Waals surface area contributed by atoms with E-state index in [1.165, 1.54) is 0 Å². The van der Waals surface area contributed by atoms with Crippen molar-refractivity contribution in [1.29, 1.82) is 0 Å². The van der Waals surface area contributed by atoms with E-state index in [2.05, 4.69) is 108 Å². The smallest absolute Gasteiger partial charge is 0.356 e. The molecule has 0 saturated heterocycles. The number of anilines is 2. The largest absolute Gasteiger partial charge is 0.476 e. The SMILES string of the molecule is CC1(C)CCc2c(C(=O)O)nn(COCC[Si](C)(C)C)c2C1.CCC(c1cccnc1)n1cc(N)cn1.CCC(c1cccnc1)n1cc(NC(=O)c2n[nH]c3c2CCC(C)(C)C3)cn1. The van der Waals surface area contributed by atoms with Crippen LogP contribution < -0.4 is 11.1 Å². The minimum atomic E-state index is -1.11. The molecule has 2 unspecified atom stereocenters. The van der Waals surface area contributed by atoms with E-state index in [-0.39, 0.29) is 34.5 Å². The Morgan fingerprint density at radius 2 is 1.46 bits per heavy atom. The van der Waals surface area contributed by atoms with Gasteiger partial charge in [-0.15, -0.1) is 0 Å². The Kier molecular flexibility index (Phi) is 15.6. The summed E-state index contributed by atoms with van der Waals surface area (Å²) in [4.78, 5) is 32.5. The highest BCUT2D eigenvalue weighted by Gasteiger charge is 2.33. The lowest BCUT2D eigenvalue weighted by Gasteiger charge is -2.30. The normalized spacial score (nSPS) is 15.8. The zero-order chi connectivity index (χ0) is 46.9. The summed E-state index contributed by atoms with van der Waals surface area (Å²) in [5, 5.41) is 32.6. The number of H-pyrrole nitrogens is 1. The molecule has 8 rings (SSSR count). The van der Waals surface area contributed by atoms with Crippen LogP contribution in [-0.4, -0.2) is 81.2 Å². The lowest BCUT2D eigenvalue weighted by Crippen LogP contribution is -2.25. The van der Waals surface area contributed by atoms with Gasteiger partial charge >= 0.3 is 5.97 Å². The van der Waals surface area contributed by atoms with Crippen molar-refractivity contribution >= 4 is 31.3 Å². The minimum absolute atomic E-state index is 0.0831. The molecule has 65 heavy (non-hydrogen) atoms. The van der Waals surface area contributed by atoms with Crippen LogP contribution >= 0.6 is 0 Å². The number of ether oxygens (including phenoxy) is 1. The first-order valence-electron chi connectivity index (χ1n) is 22.8. The number of aromatic nitrogens is 10. The van der Waals surface area contributed by atoms with Crippen LogP contribution in [0.25, 0.3) is 0 Å². The molecule has 6 heterocycles. The van der Waals surface area contributed by atoms with Crippen LogP contribution in [0, 0.1) is 10.8 Å². The molecule has 0 aliphatic heterocycles. The summed E-state index contributed by atoms with van der Waals surface area (Å²) in [6, 6.07) is 9.36. The summed E-state index contributed by atoms with van der Waals surface area (Å²) in [5.74, 6) is -1.12. The van der Waals surface area contributed by atoms with Gasteiger partial charge in [0.1, 0.15) is 6.73 Å². The minimum Gasteiger partial charge on any atom is -0.476 e. The van der Waals surface area contributed by atoms with E-state index in [1.54, 1.807) is 29.5 Å². The maximum absolute atomic E-state index is 12.8. The van der Waals surface area contributed by atoms with Crippen molar-refractivity contribution in [1.82, 2.24) is 49.5 Å². The second-order valence-electron chi connectivity index (χ2n) is 20.0. The van der Waals surface area contributed by atoms with Gasteiger partial charge in [0.05, 0.1) is 35.9 Å². The zero-order valence-electron chi connectivity index (χ0n) is 39.6. The number of nitrogens with two attached hydrogens (primary N) is 1. The molecule has 2 aliphatic rings. The second kappa shape index (κ2) is 20.9. The second-order valence-corrected chi connectivity index (χ2v) is 25.6. The number of nitrogens with one attached hydrogen (secondary N) is 2. The molecule has 0 bridgehead atoms. The molecule has 6 aromatic rings. The number of hydrogen-bond acceptors (Lipinski definition) is 10. The molecule has 0 fully saturated rings. The first kappa shape index (κ1) is 48.5. The van der Waals surface area contributed by atoms with E-state index < -0.39 is 14.0 Å². The van der Waals surface area contributed by atoms with E-state index in [4.69, 9.17) is 10.5 Å². The fraction of sp³-hybridized carbons (Fsp3) is 0.500. The summed E-state index contributed by atoms with van der Waals surface area (Å²) < 4.78 is 11.3. The number of nitrogen functional groups attached to an aromatic ring is 1. The number of rotatable bonds is 14. The van der Waals surface area contributed by atoms with Crippen LogP contribution in [0.2, 0.25) is 25.7 Å². The van der Waals surface area contributed by atoms with Gasteiger partial charge in [0.15, 0.2) is 11.4 Å². The molecule has 6 aromatic heterocycles. The highest BCUT2D eigenvalue weighted by atomic mass is 28.3. The first-order valence-corrected chi connectivity index (χ1v) is 26.5. The predicted molar refractivity (Wildman–Crippen MR) is 256 cm³/mol. The number of nitrogens with zero attached hydrogens (tertiary/aromatic N) is 9. The van der Waals surface area contributed by atoms with Crippen molar-refractivity contribution in [3.05, 3.63) is 119 Å². The van der Waals surface area contributed by atoms with Gasteiger partial charge in [-0.05, 0) is 91.5 Å². The van der Waals surface area contributed by atoms with Crippen LogP contribution in [0.5, 0.6) is 0 Å². The molecule has 348 valence electrons. The number of fused-ring (bicyclic) bond motifs is 2. The number of aromatic amines is 1. The van der Waals surface area contributed by atoms with Gasteiger partial charge in [-0.25, -0.2) is 9.48 Å². The van der Waals surface area contributed by atoms with Gasteiger partial charge in [0.25, 0.3) is 5.91 Å². The van der Waals surface area contributed by atoms with E-state index in [9.17, 15) is 14.7 Å². The van der Waals surface area contributed by atoms with Gasteiger partial charge in [-0.1, -0.05) is 73.3 Å². The Balaban J connectivity index is 0.000000169. The molecule has 0 spiro atoms. The maximum atomic E-state index is 12.8. The highest BCUT2D eigenvalue weighted by molar-refractivity contribution is 6.76. The quantitative estimate of drug-likeness (QED) is 0.0599. The van der Waals surface area contributed by atoms with Gasteiger partial charge in [-0.2, -0.15) is 20.4 Å². The Morgan fingerprint density at radius 3 is 2.02 bits per heavy atom. The third kappa shape index (κ3) is 12.9. The van der Waals surface area contributed by atoms with Crippen molar-refractivity contribution in [2.75, 3.05) is 17.7 Å². The monoisotopic (exact) mass is 905 g/mol. The van der Waals surface area contributed by atoms with Crippen molar-refractivity contribution in [3.8, 4) is 0 Å². The number of carboxylic acid groups (broad SMARTS) is 1. The predicted octanol–water partition coefficient (Wildman–Crippen LogP) is 9.04. The number of carbonyl (C=O) groups is 2. The maximum Gasteiger partial charge on any atom is 0.356 e. The number of pyridine rings is 2. The van der Waals surface area contributed by atoms with Crippen LogP contribution in [0.15, 0.2) is 73.8 Å². The topological polar surface area (TPSA) is 210 Å². The number of aromatic carboxylic acids is 1. The van der Waals surface area contributed by atoms with Gasteiger partial charge in [-0.3, -0.25) is 29.2 Å². The average Bonchev–Trinajstić information content (AvgIpc) is 4.07. The lowest BCUT2D eigenvalue weighted by atomic mass is 9.76. The molecule has 2 aliphatic carbocycles. The number of carbonyl (C=O) groups excluding carboxylic acids is 1. The van der Waals surface area contributed by atoms with E-state index in [1.807, 2.05) is 52.4 Å². The number of hydrogen-bond donors (Lipinski definition) is 4. The molecule has 17 heteroatoms. The molecule has 0 saturated carbocycles.